The molecule has 20 heavy (non-hydrogen) atoms. The van der Waals surface area contributed by atoms with Gasteiger partial charge in [-0.2, -0.15) is 0 Å². The van der Waals surface area contributed by atoms with Gasteiger partial charge in [-0.15, -0.1) is 0 Å². The Morgan fingerprint density at radius 1 is 0.900 bits per heavy atom. The molecule has 0 radical (unpaired) electrons. The molecule has 0 saturated carbocycles. The lowest BCUT2D eigenvalue weighted by Gasteiger charge is -2.10. The number of halogens is 1. The molecule has 0 saturated heterocycles. The first kappa shape index (κ1) is 11.5. The third-order valence-electron chi connectivity index (χ3n) is 4.19. The largest absolute Gasteiger partial charge is 0.396 e. The van der Waals surface area contributed by atoms with Gasteiger partial charge in [-0.05, 0) is 58.0 Å². The van der Waals surface area contributed by atoms with Crippen LogP contribution in [0.3, 0.4) is 0 Å². The Bertz CT molecular complexity index is 826. The zero-order chi connectivity index (χ0) is 13.7. The number of anilines is 1. The molecule has 0 fully saturated rings. The quantitative estimate of drug-likeness (QED) is 0.650. The van der Waals surface area contributed by atoms with Crippen molar-refractivity contribution >= 4 is 16.5 Å². The topological polar surface area (TPSA) is 26.0 Å². The van der Waals surface area contributed by atoms with E-state index in [0.29, 0.717) is 0 Å². The van der Waals surface area contributed by atoms with Crippen molar-refractivity contribution in [3.63, 3.8) is 0 Å². The van der Waals surface area contributed by atoms with E-state index in [-0.39, 0.29) is 11.5 Å². The first-order valence-corrected chi connectivity index (χ1v) is 6.83. The number of nitrogen functional groups attached to an aromatic ring is 1. The Labute approximate surface area is 116 Å². The summed E-state index contributed by atoms with van der Waals surface area (Å²) in [5.41, 5.74) is 10.5. The predicted octanol–water partition coefficient (Wildman–Crippen LogP) is 4.33. The minimum absolute atomic E-state index is 0.194. The average molecular weight is 263 g/mol. The van der Waals surface area contributed by atoms with Crippen LogP contribution in [0.25, 0.3) is 21.9 Å². The highest BCUT2D eigenvalue weighted by Crippen LogP contribution is 2.37. The highest BCUT2D eigenvalue weighted by molar-refractivity contribution is 6.01. The van der Waals surface area contributed by atoms with Gasteiger partial charge in [0.2, 0.25) is 0 Å². The SMILES string of the molecule is Nc1ccc(-c2ccc3c4c(cccc24)CC3)cc1F. The minimum Gasteiger partial charge on any atom is -0.396 e. The lowest BCUT2D eigenvalue weighted by molar-refractivity contribution is 0.633. The Hall–Kier alpha value is -2.35. The summed E-state index contributed by atoms with van der Waals surface area (Å²) < 4.78 is 13.7. The molecule has 3 aromatic carbocycles. The third kappa shape index (κ3) is 1.54. The van der Waals surface area contributed by atoms with Crippen LogP contribution in [0.5, 0.6) is 0 Å². The summed E-state index contributed by atoms with van der Waals surface area (Å²) in [6.07, 6.45) is 2.21. The molecule has 0 aromatic heterocycles. The van der Waals surface area contributed by atoms with Gasteiger partial charge in [0.05, 0.1) is 5.69 Å². The van der Waals surface area contributed by atoms with Crippen LogP contribution < -0.4 is 5.73 Å². The molecule has 1 aliphatic rings. The molecule has 3 aromatic rings. The van der Waals surface area contributed by atoms with E-state index >= 15 is 0 Å². The molecule has 4 rings (SSSR count). The molecule has 2 heteroatoms. The standard InChI is InChI=1S/C18H14FN/c19-16-10-13(7-9-17(16)20)14-8-6-12-5-4-11-2-1-3-15(14)18(11)12/h1-3,6-10H,4-5,20H2. The zero-order valence-electron chi connectivity index (χ0n) is 11.0. The Kier molecular flexibility index (Phi) is 2.34. The van der Waals surface area contributed by atoms with E-state index in [0.717, 1.165) is 24.0 Å². The van der Waals surface area contributed by atoms with Crippen molar-refractivity contribution < 1.29 is 4.39 Å². The summed E-state index contributed by atoms with van der Waals surface area (Å²) in [5.74, 6) is -0.356. The van der Waals surface area contributed by atoms with Gasteiger partial charge in [0.15, 0.2) is 0 Å². The van der Waals surface area contributed by atoms with Crippen molar-refractivity contribution in [1.29, 1.82) is 0 Å². The maximum atomic E-state index is 13.7. The van der Waals surface area contributed by atoms with Crippen LogP contribution >= 0.6 is 0 Å². The van der Waals surface area contributed by atoms with Crippen LogP contribution in [0.1, 0.15) is 11.1 Å². The summed E-state index contributed by atoms with van der Waals surface area (Å²) in [6, 6.07) is 15.7. The fourth-order valence-corrected chi connectivity index (χ4v) is 3.19. The molecule has 0 atom stereocenters. The summed E-state index contributed by atoms with van der Waals surface area (Å²) in [5, 5.41) is 2.56. The lowest BCUT2D eigenvalue weighted by Crippen LogP contribution is -1.91. The highest BCUT2D eigenvalue weighted by atomic mass is 19.1. The van der Waals surface area contributed by atoms with Crippen molar-refractivity contribution in [3.05, 3.63) is 65.5 Å². The van der Waals surface area contributed by atoms with Gasteiger partial charge >= 0.3 is 0 Å². The second-order valence-corrected chi connectivity index (χ2v) is 5.35. The van der Waals surface area contributed by atoms with E-state index in [2.05, 4.69) is 30.3 Å². The molecule has 1 aliphatic carbocycles. The van der Waals surface area contributed by atoms with E-state index in [1.807, 2.05) is 6.07 Å². The molecular weight excluding hydrogens is 249 g/mol. The molecule has 0 spiro atoms. The normalized spacial score (nSPS) is 13.1. The van der Waals surface area contributed by atoms with Crippen molar-refractivity contribution in [2.45, 2.75) is 12.8 Å². The maximum Gasteiger partial charge on any atom is 0.146 e. The van der Waals surface area contributed by atoms with Gasteiger partial charge in [0.25, 0.3) is 0 Å². The van der Waals surface area contributed by atoms with Gasteiger partial charge in [0.1, 0.15) is 5.82 Å². The van der Waals surface area contributed by atoms with Crippen LogP contribution in [0.2, 0.25) is 0 Å². The molecule has 0 aliphatic heterocycles. The number of nitrogens with two attached hydrogens (primary N) is 1. The average Bonchev–Trinajstić information content (AvgIpc) is 2.88. The van der Waals surface area contributed by atoms with Crippen LogP contribution in [-0.2, 0) is 12.8 Å². The number of hydrogen-bond donors (Lipinski definition) is 1. The van der Waals surface area contributed by atoms with Crippen LogP contribution in [0, 0.1) is 5.82 Å². The van der Waals surface area contributed by atoms with Crippen LogP contribution in [-0.4, -0.2) is 0 Å². The maximum absolute atomic E-state index is 13.7. The predicted molar refractivity (Wildman–Crippen MR) is 81.2 cm³/mol. The van der Waals surface area contributed by atoms with Crippen molar-refractivity contribution in [1.82, 2.24) is 0 Å². The molecule has 0 unspecified atom stereocenters. The third-order valence-corrected chi connectivity index (χ3v) is 4.19. The van der Waals surface area contributed by atoms with Crippen molar-refractivity contribution in [3.8, 4) is 11.1 Å². The highest BCUT2D eigenvalue weighted by Gasteiger charge is 2.16. The van der Waals surface area contributed by atoms with Crippen molar-refractivity contribution in [2.75, 3.05) is 5.73 Å². The number of aryl methyl sites for hydroxylation is 2. The smallest absolute Gasteiger partial charge is 0.146 e. The Morgan fingerprint density at radius 2 is 1.70 bits per heavy atom. The number of benzene rings is 3. The van der Waals surface area contributed by atoms with Crippen molar-refractivity contribution in [2.24, 2.45) is 0 Å². The van der Waals surface area contributed by atoms with Gasteiger partial charge in [0, 0.05) is 0 Å². The molecule has 0 amide bonds. The van der Waals surface area contributed by atoms with Gasteiger partial charge in [-0.25, -0.2) is 4.39 Å². The number of hydrogen-bond acceptors (Lipinski definition) is 1. The fraction of sp³-hybridized carbons (Fsp3) is 0.111. The van der Waals surface area contributed by atoms with Crippen LogP contribution in [0.4, 0.5) is 10.1 Å². The second-order valence-electron chi connectivity index (χ2n) is 5.35. The first-order chi connectivity index (χ1) is 9.74. The van der Waals surface area contributed by atoms with E-state index in [4.69, 9.17) is 5.73 Å². The van der Waals surface area contributed by atoms with Gasteiger partial charge in [-0.3, -0.25) is 0 Å². The summed E-state index contributed by atoms with van der Waals surface area (Å²) in [6.45, 7) is 0. The first-order valence-electron chi connectivity index (χ1n) is 6.83. The molecule has 2 N–H and O–H groups in total. The molecule has 98 valence electrons. The van der Waals surface area contributed by atoms with E-state index in [1.54, 1.807) is 6.07 Å². The summed E-state index contributed by atoms with van der Waals surface area (Å²) in [7, 11) is 0. The van der Waals surface area contributed by atoms with Crippen LogP contribution in [0.15, 0.2) is 48.5 Å². The molecule has 0 bridgehead atoms. The molecule has 1 nitrogen and oxygen atoms in total. The second kappa shape index (κ2) is 4.07. The van der Waals surface area contributed by atoms with Gasteiger partial charge in [-0.1, -0.05) is 36.4 Å². The molecule has 0 heterocycles. The minimum atomic E-state index is -0.356. The molecular formula is C18H14FN. The summed E-state index contributed by atoms with van der Waals surface area (Å²) >= 11 is 0. The zero-order valence-corrected chi connectivity index (χ0v) is 11.0. The number of rotatable bonds is 1. The fourth-order valence-electron chi connectivity index (χ4n) is 3.19. The van der Waals surface area contributed by atoms with E-state index in [1.165, 1.54) is 28.0 Å². The Balaban J connectivity index is 2.04. The van der Waals surface area contributed by atoms with E-state index in [9.17, 15) is 4.39 Å². The Morgan fingerprint density at radius 3 is 2.50 bits per heavy atom. The summed E-state index contributed by atoms with van der Waals surface area (Å²) in [4.78, 5) is 0. The van der Waals surface area contributed by atoms with E-state index < -0.39 is 0 Å². The lowest BCUT2D eigenvalue weighted by atomic mass is 9.95. The van der Waals surface area contributed by atoms with Gasteiger partial charge < -0.3 is 5.73 Å². The monoisotopic (exact) mass is 263 g/mol.